The van der Waals surface area contributed by atoms with Crippen molar-refractivity contribution in [3.05, 3.63) is 24.0 Å². The van der Waals surface area contributed by atoms with Gasteiger partial charge >= 0.3 is 0 Å². The molecule has 0 fully saturated rings. The number of benzene rings is 1. The molecule has 1 aromatic carbocycles. The van der Waals surface area contributed by atoms with Gasteiger partial charge < -0.3 is 14.8 Å². The topological polar surface area (TPSA) is 74.1 Å². The number of rotatable bonds is 6. The summed E-state index contributed by atoms with van der Waals surface area (Å²) in [7, 11) is 3.20. The standard InChI is InChI=1S/C12H17N5O2/c1-4-13-8-12-14-15-16-17(12)9-5-6-10(18-2)11(7-9)19-3/h5-7,13H,4,8H2,1-3H3. The smallest absolute Gasteiger partial charge is 0.170 e. The Labute approximate surface area is 111 Å². The molecule has 2 aromatic rings. The van der Waals surface area contributed by atoms with Crippen LogP contribution in [-0.2, 0) is 6.54 Å². The van der Waals surface area contributed by atoms with Gasteiger partial charge in [-0.25, -0.2) is 0 Å². The third-order valence-electron chi connectivity index (χ3n) is 2.68. The van der Waals surface area contributed by atoms with Gasteiger partial charge in [0.05, 0.1) is 26.5 Å². The van der Waals surface area contributed by atoms with Crippen molar-refractivity contribution in [2.45, 2.75) is 13.5 Å². The number of nitrogens with one attached hydrogen (secondary N) is 1. The summed E-state index contributed by atoms with van der Waals surface area (Å²) >= 11 is 0. The van der Waals surface area contributed by atoms with Gasteiger partial charge in [-0.3, -0.25) is 0 Å². The molecule has 0 unspecified atom stereocenters. The fourth-order valence-corrected chi connectivity index (χ4v) is 1.71. The number of ether oxygens (including phenoxy) is 2. The zero-order chi connectivity index (χ0) is 13.7. The van der Waals surface area contributed by atoms with Gasteiger partial charge in [0.15, 0.2) is 17.3 Å². The molecule has 1 aromatic heterocycles. The summed E-state index contributed by atoms with van der Waals surface area (Å²) in [6.45, 7) is 3.50. The minimum Gasteiger partial charge on any atom is -0.493 e. The first-order valence-corrected chi connectivity index (χ1v) is 6.00. The second kappa shape index (κ2) is 6.14. The predicted octanol–water partition coefficient (Wildman–Crippen LogP) is 0.789. The number of tetrazole rings is 1. The largest absolute Gasteiger partial charge is 0.493 e. The first kappa shape index (κ1) is 13.3. The van der Waals surface area contributed by atoms with Crippen molar-refractivity contribution < 1.29 is 9.47 Å². The normalized spacial score (nSPS) is 10.5. The van der Waals surface area contributed by atoms with Crippen LogP contribution >= 0.6 is 0 Å². The highest BCUT2D eigenvalue weighted by Gasteiger charge is 2.11. The van der Waals surface area contributed by atoms with Gasteiger partial charge in [0.25, 0.3) is 0 Å². The van der Waals surface area contributed by atoms with Crippen LogP contribution in [0, 0.1) is 0 Å². The van der Waals surface area contributed by atoms with Crippen molar-refractivity contribution in [1.82, 2.24) is 25.5 Å². The summed E-state index contributed by atoms with van der Waals surface area (Å²) in [4.78, 5) is 0. The molecule has 0 bridgehead atoms. The summed E-state index contributed by atoms with van der Waals surface area (Å²) < 4.78 is 12.2. The Morgan fingerprint density at radius 3 is 2.68 bits per heavy atom. The average molecular weight is 263 g/mol. The Kier molecular flexibility index (Phi) is 4.30. The average Bonchev–Trinajstić information content (AvgIpc) is 2.92. The molecular formula is C12H17N5O2. The molecule has 0 aliphatic heterocycles. The number of aromatic nitrogens is 4. The van der Waals surface area contributed by atoms with Gasteiger partial charge in [0, 0.05) is 6.07 Å². The molecule has 102 valence electrons. The Bertz CT molecular complexity index is 541. The van der Waals surface area contributed by atoms with E-state index < -0.39 is 0 Å². The zero-order valence-electron chi connectivity index (χ0n) is 11.3. The summed E-state index contributed by atoms with van der Waals surface area (Å²) in [5.41, 5.74) is 0.829. The first-order chi connectivity index (χ1) is 9.30. The van der Waals surface area contributed by atoms with Gasteiger partial charge in [-0.05, 0) is 29.1 Å². The third kappa shape index (κ3) is 2.82. The molecule has 7 heteroatoms. The molecule has 7 nitrogen and oxygen atoms in total. The van der Waals surface area contributed by atoms with Gasteiger partial charge in [0.1, 0.15) is 0 Å². The lowest BCUT2D eigenvalue weighted by atomic mass is 10.2. The number of hydrogen-bond acceptors (Lipinski definition) is 6. The van der Waals surface area contributed by atoms with E-state index in [0.717, 1.165) is 18.1 Å². The lowest BCUT2D eigenvalue weighted by Gasteiger charge is -2.10. The van der Waals surface area contributed by atoms with Crippen molar-refractivity contribution in [3.63, 3.8) is 0 Å². The summed E-state index contributed by atoms with van der Waals surface area (Å²) in [5.74, 6) is 2.06. The first-order valence-electron chi connectivity index (χ1n) is 6.00. The van der Waals surface area contributed by atoms with E-state index >= 15 is 0 Å². The highest BCUT2D eigenvalue weighted by Crippen LogP contribution is 2.28. The molecule has 0 spiro atoms. The quantitative estimate of drug-likeness (QED) is 0.830. The Morgan fingerprint density at radius 2 is 2.00 bits per heavy atom. The Morgan fingerprint density at radius 1 is 1.21 bits per heavy atom. The van der Waals surface area contributed by atoms with E-state index in [2.05, 4.69) is 20.8 Å². The summed E-state index contributed by atoms with van der Waals surface area (Å²) in [6.07, 6.45) is 0. The maximum absolute atomic E-state index is 5.27. The van der Waals surface area contributed by atoms with Crippen LogP contribution in [0.15, 0.2) is 18.2 Å². The number of methoxy groups -OCH3 is 2. The van der Waals surface area contributed by atoms with Crippen LogP contribution < -0.4 is 14.8 Å². The van der Waals surface area contributed by atoms with Gasteiger partial charge in [-0.1, -0.05) is 6.92 Å². The highest BCUT2D eigenvalue weighted by atomic mass is 16.5. The molecule has 19 heavy (non-hydrogen) atoms. The molecular weight excluding hydrogens is 246 g/mol. The van der Waals surface area contributed by atoms with E-state index in [9.17, 15) is 0 Å². The van der Waals surface area contributed by atoms with Crippen LogP contribution in [0.2, 0.25) is 0 Å². The maximum atomic E-state index is 5.27. The highest BCUT2D eigenvalue weighted by molar-refractivity contribution is 5.48. The van der Waals surface area contributed by atoms with Crippen LogP contribution in [0.3, 0.4) is 0 Å². The molecule has 0 saturated heterocycles. The zero-order valence-corrected chi connectivity index (χ0v) is 11.3. The van der Waals surface area contributed by atoms with E-state index in [1.807, 2.05) is 25.1 Å². The molecule has 0 radical (unpaired) electrons. The third-order valence-corrected chi connectivity index (χ3v) is 2.68. The molecule has 1 heterocycles. The van der Waals surface area contributed by atoms with E-state index in [4.69, 9.17) is 9.47 Å². The van der Waals surface area contributed by atoms with Gasteiger partial charge in [-0.15, -0.1) is 5.10 Å². The summed E-state index contributed by atoms with van der Waals surface area (Å²) in [5, 5.41) is 14.9. The van der Waals surface area contributed by atoms with E-state index in [0.29, 0.717) is 18.0 Å². The van der Waals surface area contributed by atoms with Crippen molar-refractivity contribution in [3.8, 4) is 17.2 Å². The van der Waals surface area contributed by atoms with Gasteiger partial charge in [0.2, 0.25) is 0 Å². The number of nitrogens with zero attached hydrogens (tertiary/aromatic N) is 4. The number of hydrogen-bond donors (Lipinski definition) is 1. The maximum Gasteiger partial charge on any atom is 0.170 e. The molecule has 0 saturated carbocycles. The molecule has 0 amide bonds. The van der Waals surface area contributed by atoms with E-state index in [-0.39, 0.29) is 0 Å². The monoisotopic (exact) mass is 263 g/mol. The predicted molar refractivity (Wildman–Crippen MR) is 69.6 cm³/mol. The second-order valence-corrected chi connectivity index (χ2v) is 3.83. The van der Waals surface area contributed by atoms with Crippen LogP contribution in [-0.4, -0.2) is 41.0 Å². The fourth-order valence-electron chi connectivity index (χ4n) is 1.71. The summed E-state index contributed by atoms with van der Waals surface area (Å²) in [6, 6.07) is 5.55. The van der Waals surface area contributed by atoms with E-state index in [1.54, 1.807) is 18.9 Å². The minimum absolute atomic E-state index is 0.609. The van der Waals surface area contributed by atoms with Crippen LogP contribution in [0.5, 0.6) is 11.5 Å². The molecule has 0 aliphatic rings. The lowest BCUT2D eigenvalue weighted by molar-refractivity contribution is 0.354. The van der Waals surface area contributed by atoms with Crippen molar-refractivity contribution >= 4 is 0 Å². The van der Waals surface area contributed by atoms with Crippen LogP contribution in [0.4, 0.5) is 0 Å². The molecule has 0 atom stereocenters. The minimum atomic E-state index is 0.609. The van der Waals surface area contributed by atoms with Crippen LogP contribution in [0.25, 0.3) is 5.69 Å². The molecule has 1 N–H and O–H groups in total. The molecule has 0 aliphatic carbocycles. The van der Waals surface area contributed by atoms with E-state index in [1.165, 1.54) is 0 Å². The Balaban J connectivity index is 2.33. The lowest BCUT2D eigenvalue weighted by Crippen LogP contribution is -2.16. The van der Waals surface area contributed by atoms with Crippen molar-refractivity contribution in [1.29, 1.82) is 0 Å². The fraction of sp³-hybridized carbons (Fsp3) is 0.417. The van der Waals surface area contributed by atoms with Crippen LogP contribution in [0.1, 0.15) is 12.7 Å². The molecule has 2 rings (SSSR count). The second-order valence-electron chi connectivity index (χ2n) is 3.83. The van der Waals surface area contributed by atoms with Crippen molar-refractivity contribution in [2.75, 3.05) is 20.8 Å². The van der Waals surface area contributed by atoms with Crippen molar-refractivity contribution in [2.24, 2.45) is 0 Å². The van der Waals surface area contributed by atoms with Gasteiger partial charge in [-0.2, -0.15) is 4.68 Å². The Hall–Kier alpha value is -2.15. The SMILES string of the molecule is CCNCc1nnnn1-c1ccc(OC)c(OC)c1.